The summed E-state index contributed by atoms with van der Waals surface area (Å²) in [5.74, 6) is 0. The number of dihydropyridines is 1. The summed E-state index contributed by atoms with van der Waals surface area (Å²) in [5, 5.41) is 12.7. The summed E-state index contributed by atoms with van der Waals surface area (Å²) in [6.45, 7) is 2.97. The zero-order valence-electron chi connectivity index (χ0n) is 10.7. The molecule has 3 nitrogen and oxygen atoms in total. The first-order valence-electron chi connectivity index (χ1n) is 6.34. The van der Waals surface area contributed by atoms with Crippen LogP contribution in [0.1, 0.15) is 13.3 Å². The van der Waals surface area contributed by atoms with E-state index in [1.807, 2.05) is 31.3 Å². The van der Waals surface area contributed by atoms with E-state index in [0.717, 1.165) is 18.7 Å². The van der Waals surface area contributed by atoms with Gasteiger partial charge < -0.3 is 15.3 Å². The van der Waals surface area contributed by atoms with E-state index in [1.54, 1.807) is 0 Å². The van der Waals surface area contributed by atoms with Gasteiger partial charge in [0, 0.05) is 17.4 Å². The van der Waals surface area contributed by atoms with Crippen molar-refractivity contribution in [3.8, 4) is 0 Å². The van der Waals surface area contributed by atoms with Gasteiger partial charge in [0.05, 0.1) is 13.2 Å². The second kappa shape index (κ2) is 6.26. The molecule has 18 heavy (non-hydrogen) atoms. The van der Waals surface area contributed by atoms with Gasteiger partial charge >= 0.3 is 0 Å². The minimum atomic E-state index is 0.0982. The number of hydrogen-bond donors (Lipinski definition) is 2. The molecule has 0 aliphatic carbocycles. The summed E-state index contributed by atoms with van der Waals surface area (Å²) in [7, 11) is 0. The molecule has 2 rings (SSSR count). The Labute approximate surface area is 108 Å². The van der Waals surface area contributed by atoms with Crippen LogP contribution in [0.15, 0.2) is 54.4 Å². The second-order valence-electron chi connectivity index (χ2n) is 4.51. The van der Waals surface area contributed by atoms with Crippen LogP contribution in [0.3, 0.4) is 0 Å². The molecule has 1 atom stereocenters. The smallest absolute Gasteiger partial charge is 0.0632 e. The predicted octanol–water partition coefficient (Wildman–Crippen LogP) is 2.26. The van der Waals surface area contributed by atoms with E-state index in [4.69, 9.17) is 0 Å². The van der Waals surface area contributed by atoms with Gasteiger partial charge in [0.2, 0.25) is 0 Å². The Morgan fingerprint density at radius 3 is 2.72 bits per heavy atom. The van der Waals surface area contributed by atoms with Gasteiger partial charge in [-0.1, -0.05) is 30.4 Å². The maximum Gasteiger partial charge on any atom is 0.0632 e. The summed E-state index contributed by atoms with van der Waals surface area (Å²) in [4.78, 5) is 2.21. The Balaban J connectivity index is 2.13. The maximum atomic E-state index is 9.40. The molecule has 0 radical (unpaired) electrons. The molecule has 0 spiro atoms. The van der Waals surface area contributed by atoms with Gasteiger partial charge in [-0.05, 0) is 31.7 Å². The molecule has 1 aromatic carbocycles. The summed E-state index contributed by atoms with van der Waals surface area (Å²) in [6, 6.07) is 10.3. The highest BCUT2D eigenvalue weighted by Gasteiger charge is 2.15. The minimum absolute atomic E-state index is 0.0982. The summed E-state index contributed by atoms with van der Waals surface area (Å²) < 4.78 is 0. The lowest BCUT2D eigenvalue weighted by Crippen LogP contribution is -2.39. The molecule has 2 N–H and O–H groups in total. The molecular weight excluding hydrogens is 224 g/mol. The Morgan fingerprint density at radius 1 is 1.33 bits per heavy atom. The molecule has 0 bridgehead atoms. The van der Waals surface area contributed by atoms with Crippen LogP contribution in [-0.4, -0.2) is 24.3 Å². The molecule has 1 heterocycles. The number of para-hydroxylation sites is 1. The third-order valence-corrected chi connectivity index (χ3v) is 3.11. The van der Waals surface area contributed by atoms with E-state index in [0.29, 0.717) is 0 Å². The molecule has 1 aliphatic rings. The van der Waals surface area contributed by atoms with E-state index < -0.39 is 0 Å². The molecule has 3 heteroatoms. The molecule has 0 amide bonds. The van der Waals surface area contributed by atoms with Crippen molar-refractivity contribution < 1.29 is 5.11 Å². The first kappa shape index (κ1) is 12.7. The number of nitrogens with one attached hydrogen (secondary N) is 1. The number of benzene rings is 1. The normalized spacial score (nSPS) is 15.8. The Hall–Kier alpha value is -1.74. The van der Waals surface area contributed by atoms with Crippen LogP contribution >= 0.6 is 0 Å². The monoisotopic (exact) mass is 244 g/mol. The lowest BCUT2D eigenvalue weighted by atomic mass is 10.2. The SMILES string of the molecule is C[C@H](CO)N(CC1=CCC=CN1)c1ccccc1. The average Bonchev–Trinajstić information content (AvgIpc) is 2.46. The molecule has 0 fully saturated rings. The highest BCUT2D eigenvalue weighted by atomic mass is 16.3. The van der Waals surface area contributed by atoms with Crippen LogP contribution in [0.25, 0.3) is 0 Å². The van der Waals surface area contributed by atoms with Crippen LogP contribution < -0.4 is 10.2 Å². The van der Waals surface area contributed by atoms with Crippen molar-refractivity contribution in [1.29, 1.82) is 0 Å². The number of anilines is 1. The number of aliphatic hydroxyl groups excluding tert-OH is 1. The average molecular weight is 244 g/mol. The van der Waals surface area contributed by atoms with Gasteiger partial charge in [-0.2, -0.15) is 0 Å². The van der Waals surface area contributed by atoms with Crippen molar-refractivity contribution in [2.24, 2.45) is 0 Å². The van der Waals surface area contributed by atoms with E-state index in [9.17, 15) is 5.11 Å². The second-order valence-corrected chi connectivity index (χ2v) is 4.51. The van der Waals surface area contributed by atoms with Crippen LogP contribution in [-0.2, 0) is 0 Å². The van der Waals surface area contributed by atoms with Crippen LogP contribution in [0.5, 0.6) is 0 Å². The van der Waals surface area contributed by atoms with Gasteiger partial charge in [-0.3, -0.25) is 0 Å². The van der Waals surface area contributed by atoms with Crippen molar-refractivity contribution in [2.75, 3.05) is 18.1 Å². The highest BCUT2D eigenvalue weighted by Crippen LogP contribution is 2.18. The quantitative estimate of drug-likeness (QED) is 0.834. The van der Waals surface area contributed by atoms with E-state index in [-0.39, 0.29) is 12.6 Å². The van der Waals surface area contributed by atoms with E-state index in [1.165, 1.54) is 5.70 Å². The summed E-state index contributed by atoms with van der Waals surface area (Å²) in [5.41, 5.74) is 2.32. The van der Waals surface area contributed by atoms with Crippen molar-refractivity contribution in [3.05, 3.63) is 54.4 Å². The molecular formula is C15H20N2O. The first-order valence-corrected chi connectivity index (χ1v) is 6.34. The zero-order valence-corrected chi connectivity index (χ0v) is 10.7. The minimum Gasteiger partial charge on any atom is -0.394 e. The molecule has 96 valence electrons. The van der Waals surface area contributed by atoms with Crippen LogP contribution in [0, 0.1) is 0 Å². The Kier molecular flexibility index (Phi) is 4.42. The molecule has 0 aromatic heterocycles. The molecule has 0 saturated heterocycles. The lowest BCUT2D eigenvalue weighted by Gasteiger charge is -2.31. The number of aliphatic hydroxyl groups is 1. The standard InChI is InChI=1S/C15H20N2O/c1-13(12-18)17(15-8-3-2-4-9-15)11-14-7-5-6-10-16-14/h2-4,6-10,13,16,18H,5,11-12H2,1H3/t13-/m1/s1. The van der Waals surface area contributed by atoms with Gasteiger partial charge in [0.15, 0.2) is 0 Å². The Morgan fingerprint density at radius 2 is 2.11 bits per heavy atom. The lowest BCUT2D eigenvalue weighted by molar-refractivity contribution is 0.268. The number of nitrogens with zero attached hydrogens (tertiary/aromatic N) is 1. The third kappa shape index (κ3) is 3.14. The number of hydrogen-bond acceptors (Lipinski definition) is 3. The van der Waals surface area contributed by atoms with Crippen LogP contribution in [0.2, 0.25) is 0 Å². The maximum absolute atomic E-state index is 9.40. The number of allylic oxidation sites excluding steroid dienone is 2. The van der Waals surface area contributed by atoms with Gasteiger partial charge in [-0.25, -0.2) is 0 Å². The van der Waals surface area contributed by atoms with Crippen molar-refractivity contribution in [1.82, 2.24) is 5.32 Å². The van der Waals surface area contributed by atoms with Crippen LogP contribution in [0.4, 0.5) is 5.69 Å². The fourth-order valence-electron chi connectivity index (χ4n) is 2.02. The van der Waals surface area contributed by atoms with Crippen molar-refractivity contribution in [2.45, 2.75) is 19.4 Å². The Bertz CT molecular complexity index is 425. The van der Waals surface area contributed by atoms with Gasteiger partial charge in [-0.15, -0.1) is 0 Å². The predicted molar refractivity (Wildman–Crippen MR) is 75.3 cm³/mol. The fraction of sp³-hybridized carbons (Fsp3) is 0.333. The number of rotatable bonds is 5. The van der Waals surface area contributed by atoms with Crippen molar-refractivity contribution in [3.63, 3.8) is 0 Å². The topological polar surface area (TPSA) is 35.5 Å². The van der Waals surface area contributed by atoms with E-state index >= 15 is 0 Å². The highest BCUT2D eigenvalue weighted by molar-refractivity contribution is 5.48. The summed E-state index contributed by atoms with van der Waals surface area (Å²) >= 11 is 0. The molecule has 1 aromatic rings. The van der Waals surface area contributed by atoms with E-state index in [2.05, 4.69) is 34.5 Å². The fourth-order valence-corrected chi connectivity index (χ4v) is 2.02. The van der Waals surface area contributed by atoms with Crippen molar-refractivity contribution >= 4 is 5.69 Å². The first-order chi connectivity index (χ1) is 8.81. The van der Waals surface area contributed by atoms with Gasteiger partial charge in [0.25, 0.3) is 0 Å². The third-order valence-electron chi connectivity index (χ3n) is 3.11. The molecule has 0 unspecified atom stereocenters. The zero-order chi connectivity index (χ0) is 12.8. The summed E-state index contributed by atoms with van der Waals surface area (Å²) in [6.07, 6.45) is 7.21. The molecule has 0 saturated carbocycles. The molecule has 1 aliphatic heterocycles. The largest absolute Gasteiger partial charge is 0.394 e. The van der Waals surface area contributed by atoms with Gasteiger partial charge in [0.1, 0.15) is 0 Å².